The average molecular weight is 216 g/mol. The molecular formula is C10H20N2O3. The van der Waals surface area contributed by atoms with Crippen molar-refractivity contribution in [2.75, 3.05) is 0 Å². The van der Waals surface area contributed by atoms with E-state index in [2.05, 4.69) is 0 Å². The molecule has 15 heavy (non-hydrogen) atoms. The number of aliphatic carboxylic acids is 1. The molecule has 0 aromatic carbocycles. The van der Waals surface area contributed by atoms with E-state index in [1.807, 2.05) is 0 Å². The number of Topliss-reactive ketones (excluding diaryl/α,β-unsaturated/α-hetero) is 1. The summed E-state index contributed by atoms with van der Waals surface area (Å²) < 4.78 is 0. The van der Waals surface area contributed by atoms with Crippen LogP contribution in [0.1, 0.15) is 33.6 Å². The third kappa shape index (κ3) is 4.90. The van der Waals surface area contributed by atoms with E-state index in [1.54, 1.807) is 20.8 Å². The Balaban J connectivity index is 4.10. The molecular weight excluding hydrogens is 196 g/mol. The third-order valence-corrected chi connectivity index (χ3v) is 2.18. The quantitative estimate of drug-likeness (QED) is 0.605. The molecule has 0 heterocycles. The molecule has 0 amide bonds. The summed E-state index contributed by atoms with van der Waals surface area (Å²) in [5.41, 5.74) is 10.5. The van der Waals surface area contributed by atoms with E-state index in [4.69, 9.17) is 16.6 Å². The fraction of sp³-hybridized carbons (Fsp3) is 0.800. The highest BCUT2D eigenvalue weighted by molar-refractivity contribution is 5.88. The van der Waals surface area contributed by atoms with Gasteiger partial charge in [0.1, 0.15) is 6.04 Å². The highest BCUT2D eigenvalue weighted by Gasteiger charge is 2.27. The molecule has 0 aromatic heterocycles. The Hall–Kier alpha value is -0.940. The van der Waals surface area contributed by atoms with E-state index in [0.29, 0.717) is 6.42 Å². The maximum atomic E-state index is 11.6. The Morgan fingerprint density at radius 1 is 1.13 bits per heavy atom. The lowest BCUT2D eigenvalue weighted by atomic mass is 9.85. The first-order valence-electron chi connectivity index (χ1n) is 4.94. The third-order valence-electron chi connectivity index (χ3n) is 2.18. The van der Waals surface area contributed by atoms with E-state index in [0.717, 1.165) is 0 Å². The van der Waals surface area contributed by atoms with E-state index >= 15 is 0 Å². The van der Waals surface area contributed by atoms with Gasteiger partial charge in [0.2, 0.25) is 0 Å². The smallest absolute Gasteiger partial charge is 0.320 e. The fourth-order valence-electron chi connectivity index (χ4n) is 1.17. The van der Waals surface area contributed by atoms with Gasteiger partial charge in [-0.25, -0.2) is 0 Å². The summed E-state index contributed by atoms with van der Waals surface area (Å²) in [5.74, 6) is -1.13. The summed E-state index contributed by atoms with van der Waals surface area (Å²) in [6.07, 6.45) is 0.530. The highest BCUT2D eigenvalue weighted by Crippen LogP contribution is 2.18. The number of carboxylic acids is 1. The molecule has 0 aliphatic carbocycles. The lowest BCUT2D eigenvalue weighted by Crippen LogP contribution is -2.41. The molecule has 0 saturated carbocycles. The van der Waals surface area contributed by atoms with Crippen LogP contribution in [0.15, 0.2) is 0 Å². The number of carbonyl (C=O) groups is 2. The van der Waals surface area contributed by atoms with Crippen molar-refractivity contribution in [1.82, 2.24) is 0 Å². The molecule has 0 rings (SSSR count). The van der Waals surface area contributed by atoms with E-state index < -0.39 is 23.5 Å². The zero-order valence-electron chi connectivity index (χ0n) is 9.49. The number of hydrogen-bond acceptors (Lipinski definition) is 4. The minimum absolute atomic E-state index is 0.0694. The van der Waals surface area contributed by atoms with Gasteiger partial charge in [0.25, 0.3) is 0 Å². The van der Waals surface area contributed by atoms with Crippen molar-refractivity contribution < 1.29 is 14.7 Å². The Kier molecular flexibility index (Phi) is 4.90. The second kappa shape index (κ2) is 5.23. The number of carbonyl (C=O) groups excluding carboxylic acids is 1. The first kappa shape index (κ1) is 14.1. The molecule has 0 aromatic rings. The van der Waals surface area contributed by atoms with Crippen LogP contribution in [0.3, 0.4) is 0 Å². The Morgan fingerprint density at radius 3 is 1.87 bits per heavy atom. The van der Waals surface area contributed by atoms with Crippen molar-refractivity contribution in [3.8, 4) is 0 Å². The van der Waals surface area contributed by atoms with Gasteiger partial charge in [-0.3, -0.25) is 9.59 Å². The zero-order valence-corrected chi connectivity index (χ0v) is 9.49. The first-order chi connectivity index (χ1) is 6.66. The van der Waals surface area contributed by atoms with Crippen molar-refractivity contribution >= 4 is 11.8 Å². The van der Waals surface area contributed by atoms with Crippen LogP contribution in [0.25, 0.3) is 0 Å². The summed E-state index contributed by atoms with van der Waals surface area (Å²) in [6, 6.07) is -1.57. The van der Waals surface area contributed by atoms with Gasteiger partial charge in [-0.2, -0.15) is 0 Å². The number of carboxylic acid groups (broad SMARTS) is 1. The Morgan fingerprint density at radius 2 is 1.53 bits per heavy atom. The van der Waals surface area contributed by atoms with Gasteiger partial charge in [-0.05, 0) is 12.8 Å². The van der Waals surface area contributed by atoms with Crippen molar-refractivity contribution in [3.05, 3.63) is 0 Å². The van der Waals surface area contributed by atoms with Gasteiger partial charge >= 0.3 is 5.97 Å². The summed E-state index contributed by atoms with van der Waals surface area (Å²) in [4.78, 5) is 22.1. The normalized spacial score (nSPS) is 15.8. The van der Waals surface area contributed by atoms with Crippen molar-refractivity contribution in [2.24, 2.45) is 16.9 Å². The molecule has 0 aliphatic heterocycles. The number of rotatable bonds is 5. The van der Waals surface area contributed by atoms with Gasteiger partial charge < -0.3 is 16.6 Å². The van der Waals surface area contributed by atoms with Crippen LogP contribution in [-0.4, -0.2) is 28.9 Å². The van der Waals surface area contributed by atoms with Gasteiger partial charge in [0.15, 0.2) is 5.78 Å². The van der Waals surface area contributed by atoms with Crippen LogP contribution in [0.2, 0.25) is 0 Å². The summed E-state index contributed by atoms with van der Waals surface area (Å²) in [6.45, 7) is 5.35. The largest absolute Gasteiger partial charge is 0.480 e. The maximum absolute atomic E-state index is 11.6. The van der Waals surface area contributed by atoms with Crippen LogP contribution in [-0.2, 0) is 9.59 Å². The molecule has 5 heteroatoms. The van der Waals surface area contributed by atoms with E-state index in [9.17, 15) is 9.59 Å². The predicted molar refractivity (Wildman–Crippen MR) is 57.3 cm³/mol. The molecule has 0 aliphatic rings. The summed E-state index contributed by atoms with van der Waals surface area (Å²) in [7, 11) is 0. The molecule has 1 unspecified atom stereocenters. The summed E-state index contributed by atoms with van der Waals surface area (Å²) in [5, 5.41) is 8.54. The molecule has 0 bridgehead atoms. The van der Waals surface area contributed by atoms with Crippen LogP contribution in [0, 0.1) is 5.41 Å². The maximum Gasteiger partial charge on any atom is 0.320 e. The van der Waals surface area contributed by atoms with E-state index in [-0.39, 0.29) is 12.2 Å². The molecule has 5 N–H and O–H groups in total. The van der Waals surface area contributed by atoms with Crippen molar-refractivity contribution in [3.63, 3.8) is 0 Å². The molecule has 0 fully saturated rings. The van der Waals surface area contributed by atoms with Gasteiger partial charge in [0, 0.05) is 5.41 Å². The lowest BCUT2D eigenvalue weighted by molar-refractivity contribution is -0.139. The predicted octanol–water partition coefficient (Wildman–Crippen LogP) is 0.121. The van der Waals surface area contributed by atoms with Gasteiger partial charge in [-0.1, -0.05) is 20.8 Å². The molecule has 2 atom stereocenters. The Labute approximate surface area is 89.8 Å². The lowest BCUT2D eigenvalue weighted by Gasteiger charge is -2.22. The summed E-state index contributed by atoms with van der Waals surface area (Å²) >= 11 is 0. The zero-order chi connectivity index (χ0) is 12.2. The van der Waals surface area contributed by atoms with Crippen molar-refractivity contribution in [2.45, 2.75) is 45.7 Å². The minimum Gasteiger partial charge on any atom is -0.480 e. The van der Waals surface area contributed by atoms with Gasteiger partial charge in [-0.15, -0.1) is 0 Å². The molecule has 0 saturated heterocycles. The molecule has 88 valence electrons. The second-order valence-corrected chi connectivity index (χ2v) is 4.74. The topological polar surface area (TPSA) is 106 Å². The van der Waals surface area contributed by atoms with Crippen molar-refractivity contribution in [1.29, 1.82) is 0 Å². The highest BCUT2D eigenvalue weighted by atomic mass is 16.4. The standard InChI is InChI=1S/C10H20N2O3/c1-10(2,3)8(13)6(11)4-5-7(12)9(14)15/h6-7H,4-5,11-12H2,1-3H3,(H,14,15)/t6?,7-/m0/s1. The average Bonchev–Trinajstić information content (AvgIpc) is 2.10. The molecule has 5 nitrogen and oxygen atoms in total. The SMILES string of the molecule is CC(C)(C)C(=O)C(N)CC[C@H](N)C(=O)O. The second-order valence-electron chi connectivity index (χ2n) is 4.74. The van der Waals surface area contributed by atoms with Crippen LogP contribution in [0.5, 0.6) is 0 Å². The molecule has 0 radical (unpaired) electrons. The number of nitrogens with two attached hydrogens (primary N) is 2. The monoisotopic (exact) mass is 216 g/mol. The fourth-order valence-corrected chi connectivity index (χ4v) is 1.17. The van der Waals surface area contributed by atoms with Crippen LogP contribution in [0.4, 0.5) is 0 Å². The first-order valence-corrected chi connectivity index (χ1v) is 4.94. The van der Waals surface area contributed by atoms with Crippen LogP contribution >= 0.6 is 0 Å². The number of ketones is 1. The van der Waals surface area contributed by atoms with Gasteiger partial charge in [0.05, 0.1) is 6.04 Å². The number of hydrogen-bond donors (Lipinski definition) is 3. The Bertz CT molecular complexity index is 246. The minimum atomic E-state index is -1.06. The molecule has 0 spiro atoms. The van der Waals surface area contributed by atoms with Crippen LogP contribution < -0.4 is 11.5 Å². The van der Waals surface area contributed by atoms with E-state index in [1.165, 1.54) is 0 Å².